The fourth-order valence-corrected chi connectivity index (χ4v) is 4.59. The molecule has 0 bridgehead atoms. The van der Waals surface area contributed by atoms with E-state index in [-0.39, 0.29) is 24.0 Å². The number of allylic oxidation sites excluding steroid dienone is 2. The zero-order valence-corrected chi connectivity index (χ0v) is 18.0. The van der Waals surface area contributed by atoms with E-state index >= 15 is 0 Å². The fraction of sp³-hybridized carbons (Fsp3) is 0.360. The Bertz CT molecular complexity index is 1050. The van der Waals surface area contributed by atoms with E-state index < -0.39 is 0 Å². The Labute approximate surface area is 177 Å². The van der Waals surface area contributed by atoms with Crippen molar-refractivity contribution in [3.05, 3.63) is 64.4 Å². The topological polar surface area (TPSA) is 55.8 Å². The van der Waals surface area contributed by atoms with E-state index in [9.17, 15) is 9.59 Å². The molecule has 0 saturated heterocycles. The predicted molar refractivity (Wildman–Crippen MR) is 116 cm³/mol. The van der Waals surface area contributed by atoms with Crippen molar-refractivity contribution in [2.75, 3.05) is 19.1 Å². The molecule has 1 aliphatic heterocycles. The standard InChI is InChI=1S/C25H27NO4/c1-15-8-9-16(2)20(12-15)26-19-6-5-7-21(27)25(19)18(14-24(26)28)17-10-11-22(29-3)23(13-17)30-4/h8-13,18H,5-7,14H2,1-4H3. The molecule has 4 rings (SSSR count). The van der Waals surface area contributed by atoms with Crippen LogP contribution in [0.4, 0.5) is 5.69 Å². The number of carbonyl (C=O) groups excluding carboxylic acids is 2. The van der Waals surface area contributed by atoms with Crippen LogP contribution in [0.3, 0.4) is 0 Å². The third-order valence-electron chi connectivity index (χ3n) is 6.09. The third kappa shape index (κ3) is 3.38. The molecule has 156 valence electrons. The maximum absolute atomic E-state index is 13.4. The summed E-state index contributed by atoms with van der Waals surface area (Å²) in [4.78, 5) is 28.3. The molecular weight excluding hydrogens is 378 g/mol. The summed E-state index contributed by atoms with van der Waals surface area (Å²) in [6, 6.07) is 11.8. The minimum Gasteiger partial charge on any atom is -0.493 e. The zero-order chi connectivity index (χ0) is 21.4. The van der Waals surface area contributed by atoms with Gasteiger partial charge in [0.15, 0.2) is 17.3 Å². The van der Waals surface area contributed by atoms with Gasteiger partial charge in [-0.15, -0.1) is 0 Å². The molecule has 5 heteroatoms. The Morgan fingerprint density at radius 1 is 0.933 bits per heavy atom. The van der Waals surface area contributed by atoms with E-state index in [1.54, 1.807) is 19.1 Å². The molecule has 2 aromatic rings. The number of methoxy groups -OCH3 is 2. The van der Waals surface area contributed by atoms with Crippen LogP contribution in [0.2, 0.25) is 0 Å². The number of anilines is 1. The molecule has 2 aliphatic rings. The molecule has 0 saturated carbocycles. The number of hydrogen-bond acceptors (Lipinski definition) is 4. The number of nitrogens with zero attached hydrogens (tertiary/aromatic N) is 1. The van der Waals surface area contributed by atoms with Crippen LogP contribution >= 0.6 is 0 Å². The highest BCUT2D eigenvalue weighted by Gasteiger charge is 2.40. The van der Waals surface area contributed by atoms with E-state index in [2.05, 4.69) is 0 Å². The summed E-state index contributed by atoms with van der Waals surface area (Å²) in [7, 11) is 3.18. The number of carbonyl (C=O) groups is 2. The smallest absolute Gasteiger partial charge is 0.232 e. The van der Waals surface area contributed by atoms with Crippen molar-refractivity contribution in [1.82, 2.24) is 0 Å². The van der Waals surface area contributed by atoms with Crippen molar-refractivity contribution in [2.45, 2.75) is 45.4 Å². The van der Waals surface area contributed by atoms with Gasteiger partial charge in [0.05, 0.1) is 19.9 Å². The highest BCUT2D eigenvalue weighted by atomic mass is 16.5. The largest absolute Gasteiger partial charge is 0.493 e. The van der Waals surface area contributed by atoms with Crippen molar-refractivity contribution < 1.29 is 19.1 Å². The highest BCUT2D eigenvalue weighted by molar-refractivity contribution is 6.07. The van der Waals surface area contributed by atoms with Gasteiger partial charge in [-0.1, -0.05) is 18.2 Å². The molecule has 30 heavy (non-hydrogen) atoms. The monoisotopic (exact) mass is 405 g/mol. The summed E-state index contributed by atoms with van der Waals surface area (Å²) in [5.74, 6) is 1.13. The number of amides is 1. The number of ether oxygens (including phenoxy) is 2. The van der Waals surface area contributed by atoms with E-state index in [0.717, 1.165) is 46.5 Å². The number of rotatable bonds is 4. The van der Waals surface area contributed by atoms with Gasteiger partial charge in [0.2, 0.25) is 5.91 Å². The van der Waals surface area contributed by atoms with E-state index in [4.69, 9.17) is 9.47 Å². The zero-order valence-electron chi connectivity index (χ0n) is 18.0. The molecule has 1 amide bonds. The first-order chi connectivity index (χ1) is 14.4. The lowest BCUT2D eigenvalue weighted by molar-refractivity contribution is -0.119. The van der Waals surface area contributed by atoms with Gasteiger partial charge < -0.3 is 9.47 Å². The van der Waals surface area contributed by atoms with E-state index in [0.29, 0.717) is 17.9 Å². The second-order valence-corrected chi connectivity index (χ2v) is 8.03. The average molecular weight is 405 g/mol. The van der Waals surface area contributed by atoms with Crippen LogP contribution in [-0.2, 0) is 9.59 Å². The first kappa shape index (κ1) is 20.2. The molecule has 1 atom stereocenters. The summed E-state index contributed by atoms with van der Waals surface area (Å²) >= 11 is 0. The molecule has 1 unspecified atom stereocenters. The molecule has 5 nitrogen and oxygen atoms in total. The highest BCUT2D eigenvalue weighted by Crippen LogP contribution is 2.45. The van der Waals surface area contributed by atoms with Crippen LogP contribution in [0.15, 0.2) is 47.7 Å². The molecule has 0 aromatic heterocycles. The normalized spacial score (nSPS) is 19.1. The Kier molecular flexibility index (Phi) is 5.37. The third-order valence-corrected chi connectivity index (χ3v) is 6.09. The Morgan fingerprint density at radius 2 is 1.70 bits per heavy atom. The van der Waals surface area contributed by atoms with Gasteiger partial charge in [-0.2, -0.15) is 0 Å². The number of benzene rings is 2. The lowest BCUT2D eigenvalue weighted by Crippen LogP contribution is -2.41. The van der Waals surface area contributed by atoms with Gasteiger partial charge >= 0.3 is 0 Å². The molecule has 1 heterocycles. The van der Waals surface area contributed by atoms with Crippen LogP contribution in [0, 0.1) is 13.8 Å². The molecule has 0 radical (unpaired) electrons. The number of Topliss-reactive ketones (excluding diaryl/α,β-unsaturated/α-hetero) is 1. The van der Waals surface area contributed by atoms with Gasteiger partial charge in [0.25, 0.3) is 0 Å². The second-order valence-electron chi connectivity index (χ2n) is 8.03. The first-order valence-electron chi connectivity index (χ1n) is 10.3. The summed E-state index contributed by atoms with van der Waals surface area (Å²) in [5.41, 5.74) is 5.54. The molecule has 2 aromatic carbocycles. The summed E-state index contributed by atoms with van der Waals surface area (Å²) < 4.78 is 10.8. The Hall–Kier alpha value is -3.08. The van der Waals surface area contributed by atoms with E-state index in [1.165, 1.54) is 0 Å². The van der Waals surface area contributed by atoms with Crippen molar-refractivity contribution in [2.24, 2.45) is 0 Å². The van der Waals surface area contributed by atoms with Gasteiger partial charge in [-0.25, -0.2) is 0 Å². The summed E-state index contributed by atoms with van der Waals surface area (Å²) in [6.45, 7) is 4.03. The number of aryl methyl sites for hydroxylation is 2. The molecular formula is C25H27NO4. The van der Waals surface area contributed by atoms with Crippen LogP contribution in [0.25, 0.3) is 0 Å². The first-order valence-corrected chi connectivity index (χ1v) is 10.3. The maximum Gasteiger partial charge on any atom is 0.232 e. The summed E-state index contributed by atoms with van der Waals surface area (Å²) in [6.07, 6.45) is 2.28. The lowest BCUT2D eigenvalue weighted by atomic mass is 9.77. The predicted octanol–water partition coefficient (Wildman–Crippen LogP) is 4.85. The average Bonchev–Trinajstić information content (AvgIpc) is 2.74. The number of ketones is 1. The SMILES string of the molecule is COc1ccc(C2CC(=O)N(c3cc(C)ccc3C)C3=C2C(=O)CCC3)cc1OC. The Morgan fingerprint density at radius 3 is 2.43 bits per heavy atom. The van der Waals surface area contributed by atoms with Gasteiger partial charge in [0, 0.05) is 30.0 Å². The minimum atomic E-state index is -0.263. The van der Waals surface area contributed by atoms with Crippen molar-refractivity contribution >= 4 is 17.4 Å². The molecule has 0 N–H and O–H groups in total. The number of hydrogen-bond donors (Lipinski definition) is 0. The minimum absolute atomic E-state index is 0.0249. The van der Waals surface area contributed by atoms with E-state index in [1.807, 2.05) is 50.2 Å². The quantitative estimate of drug-likeness (QED) is 0.730. The van der Waals surface area contributed by atoms with Gasteiger partial charge in [-0.3, -0.25) is 14.5 Å². The lowest BCUT2D eigenvalue weighted by Gasteiger charge is -2.39. The molecule has 1 aliphatic carbocycles. The summed E-state index contributed by atoms with van der Waals surface area (Å²) in [5, 5.41) is 0. The van der Waals surface area contributed by atoms with Gasteiger partial charge in [0.1, 0.15) is 0 Å². The second kappa shape index (κ2) is 7.98. The Balaban J connectivity index is 1.87. The van der Waals surface area contributed by atoms with Crippen LogP contribution in [-0.4, -0.2) is 25.9 Å². The molecule has 0 fully saturated rings. The van der Waals surface area contributed by atoms with Crippen molar-refractivity contribution in [1.29, 1.82) is 0 Å². The van der Waals surface area contributed by atoms with Crippen LogP contribution < -0.4 is 14.4 Å². The van der Waals surface area contributed by atoms with Crippen molar-refractivity contribution in [3.63, 3.8) is 0 Å². The van der Waals surface area contributed by atoms with Crippen LogP contribution in [0.1, 0.15) is 48.3 Å². The van der Waals surface area contributed by atoms with Gasteiger partial charge in [-0.05, 0) is 61.6 Å². The molecule has 0 spiro atoms. The maximum atomic E-state index is 13.4. The van der Waals surface area contributed by atoms with Crippen LogP contribution in [0.5, 0.6) is 11.5 Å². The van der Waals surface area contributed by atoms with Crippen molar-refractivity contribution in [3.8, 4) is 11.5 Å². The fourth-order valence-electron chi connectivity index (χ4n) is 4.59.